The molecule has 0 radical (unpaired) electrons. The minimum atomic E-state index is -0.0674. The van der Waals surface area contributed by atoms with Gasteiger partial charge in [-0.15, -0.1) is 0 Å². The summed E-state index contributed by atoms with van der Waals surface area (Å²) in [4.78, 5) is 15.0. The smallest absolute Gasteiger partial charge is 0.142 e. The second-order valence-electron chi connectivity index (χ2n) is 7.17. The normalized spacial score (nSPS) is 34.3. The lowest BCUT2D eigenvalue weighted by Gasteiger charge is -2.36. The van der Waals surface area contributed by atoms with E-state index in [1.807, 2.05) is 0 Å². The van der Waals surface area contributed by atoms with Gasteiger partial charge in [0.1, 0.15) is 5.78 Å². The van der Waals surface area contributed by atoms with Crippen molar-refractivity contribution >= 4 is 5.78 Å². The Bertz CT molecular complexity index is 297. The van der Waals surface area contributed by atoms with E-state index in [2.05, 4.69) is 25.7 Å². The van der Waals surface area contributed by atoms with Crippen LogP contribution in [0.25, 0.3) is 0 Å². The Balaban J connectivity index is 1.90. The molecule has 1 heterocycles. The van der Waals surface area contributed by atoms with Crippen molar-refractivity contribution < 1.29 is 4.79 Å². The third kappa shape index (κ3) is 3.34. The fourth-order valence-corrected chi connectivity index (χ4v) is 3.59. The Morgan fingerprint density at radius 3 is 2.72 bits per heavy atom. The minimum Gasteiger partial charge on any atom is -0.303 e. The number of carbonyl (C=O) groups is 1. The summed E-state index contributed by atoms with van der Waals surface area (Å²) < 4.78 is 0. The van der Waals surface area contributed by atoms with Crippen molar-refractivity contribution in [2.75, 3.05) is 19.6 Å². The zero-order valence-electron chi connectivity index (χ0n) is 12.4. The number of hydrogen-bond acceptors (Lipinski definition) is 2. The molecule has 0 N–H and O–H groups in total. The van der Waals surface area contributed by atoms with E-state index >= 15 is 0 Å². The molecule has 0 amide bonds. The van der Waals surface area contributed by atoms with Gasteiger partial charge in [0, 0.05) is 17.9 Å². The van der Waals surface area contributed by atoms with Gasteiger partial charge in [0.15, 0.2) is 0 Å². The molecule has 0 aromatic heterocycles. The lowest BCUT2D eigenvalue weighted by molar-refractivity contribution is -0.135. The number of hydrogen-bond donors (Lipinski definition) is 0. The van der Waals surface area contributed by atoms with Crippen LogP contribution in [0.3, 0.4) is 0 Å². The van der Waals surface area contributed by atoms with Crippen molar-refractivity contribution in [1.29, 1.82) is 0 Å². The molecule has 1 saturated heterocycles. The summed E-state index contributed by atoms with van der Waals surface area (Å²) in [5.74, 6) is 1.70. The molecular weight excluding hydrogens is 222 g/mol. The van der Waals surface area contributed by atoms with E-state index in [9.17, 15) is 4.79 Å². The van der Waals surface area contributed by atoms with Gasteiger partial charge < -0.3 is 4.90 Å². The van der Waals surface area contributed by atoms with Crippen LogP contribution in [0.5, 0.6) is 0 Å². The lowest BCUT2D eigenvalue weighted by Crippen LogP contribution is -2.42. The van der Waals surface area contributed by atoms with Crippen molar-refractivity contribution in [3.63, 3.8) is 0 Å². The molecule has 2 heteroatoms. The Labute approximate surface area is 112 Å². The molecule has 0 aromatic carbocycles. The molecule has 104 valence electrons. The third-order valence-electron chi connectivity index (χ3n) is 4.98. The topological polar surface area (TPSA) is 20.3 Å². The average Bonchev–Trinajstić information content (AvgIpc) is 2.50. The third-order valence-corrected chi connectivity index (χ3v) is 4.98. The van der Waals surface area contributed by atoms with E-state index in [4.69, 9.17) is 0 Å². The Kier molecular flexibility index (Phi) is 4.47. The predicted molar refractivity (Wildman–Crippen MR) is 75.6 cm³/mol. The highest BCUT2D eigenvalue weighted by Crippen LogP contribution is 2.36. The second-order valence-corrected chi connectivity index (χ2v) is 7.17. The molecule has 0 spiro atoms. The predicted octanol–water partition coefficient (Wildman–Crippen LogP) is 3.50. The van der Waals surface area contributed by atoms with E-state index in [1.165, 1.54) is 38.8 Å². The van der Waals surface area contributed by atoms with Gasteiger partial charge in [-0.1, -0.05) is 27.2 Å². The minimum absolute atomic E-state index is 0.0674. The van der Waals surface area contributed by atoms with Crippen molar-refractivity contribution in [2.24, 2.45) is 17.3 Å². The number of likely N-dealkylation sites (tertiary alicyclic amines) is 1. The van der Waals surface area contributed by atoms with Crippen molar-refractivity contribution in [3.05, 3.63) is 0 Å². The summed E-state index contributed by atoms with van der Waals surface area (Å²) in [5.41, 5.74) is -0.0674. The lowest BCUT2D eigenvalue weighted by atomic mass is 9.71. The second kappa shape index (κ2) is 5.73. The van der Waals surface area contributed by atoms with E-state index < -0.39 is 0 Å². The van der Waals surface area contributed by atoms with Crippen LogP contribution in [0.15, 0.2) is 0 Å². The Hall–Kier alpha value is -0.370. The summed E-state index contributed by atoms with van der Waals surface area (Å²) in [6.07, 6.45) is 7.41. The molecule has 1 saturated carbocycles. The largest absolute Gasteiger partial charge is 0.303 e. The van der Waals surface area contributed by atoms with Crippen molar-refractivity contribution in [2.45, 2.75) is 59.3 Å². The van der Waals surface area contributed by atoms with E-state index in [-0.39, 0.29) is 5.41 Å². The first-order valence-corrected chi connectivity index (χ1v) is 7.76. The average molecular weight is 251 g/mol. The fourth-order valence-electron chi connectivity index (χ4n) is 3.59. The van der Waals surface area contributed by atoms with E-state index in [0.29, 0.717) is 11.7 Å². The van der Waals surface area contributed by atoms with Crippen LogP contribution in [0.4, 0.5) is 0 Å². The molecule has 2 fully saturated rings. The first kappa shape index (κ1) is 14.0. The van der Waals surface area contributed by atoms with Gasteiger partial charge >= 0.3 is 0 Å². The first-order chi connectivity index (χ1) is 8.49. The highest BCUT2D eigenvalue weighted by Gasteiger charge is 2.37. The quantitative estimate of drug-likeness (QED) is 0.748. The summed E-state index contributed by atoms with van der Waals surface area (Å²) in [5, 5.41) is 0. The zero-order valence-corrected chi connectivity index (χ0v) is 12.4. The molecule has 2 unspecified atom stereocenters. The van der Waals surface area contributed by atoms with Gasteiger partial charge in [0.2, 0.25) is 0 Å². The first-order valence-electron chi connectivity index (χ1n) is 7.76. The molecule has 2 aliphatic rings. The van der Waals surface area contributed by atoms with Crippen LogP contribution in [-0.2, 0) is 4.79 Å². The maximum Gasteiger partial charge on any atom is 0.142 e. The molecule has 2 atom stereocenters. The zero-order chi connectivity index (χ0) is 13.2. The highest BCUT2D eigenvalue weighted by atomic mass is 16.1. The van der Waals surface area contributed by atoms with Gasteiger partial charge in [0.05, 0.1) is 0 Å². The molecule has 2 nitrogen and oxygen atoms in total. The number of nitrogens with zero attached hydrogens (tertiary/aromatic N) is 1. The van der Waals surface area contributed by atoms with Crippen LogP contribution < -0.4 is 0 Å². The highest BCUT2D eigenvalue weighted by molar-refractivity contribution is 5.87. The van der Waals surface area contributed by atoms with E-state index in [1.54, 1.807) is 0 Å². The van der Waals surface area contributed by atoms with Gasteiger partial charge in [-0.05, 0) is 51.1 Å². The molecule has 0 aromatic rings. The van der Waals surface area contributed by atoms with Crippen LogP contribution in [0.2, 0.25) is 0 Å². The molecule has 1 aliphatic carbocycles. The molecule has 0 bridgehead atoms. The monoisotopic (exact) mass is 251 g/mol. The number of carbonyl (C=O) groups excluding carboxylic acids is 1. The van der Waals surface area contributed by atoms with Crippen LogP contribution >= 0.6 is 0 Å². The van der Waals surface area contributed by atoms with Crippen LogP contribution in [0.1, 0.15) is 59.3 Å². The summed E-state index contributed by atoms with van der Waals surface area (Å²) >= 11 is 0. The van der Waals surface area contributed by atoms with Crippen molar-refractivity contribution in [1.82, 2.24) is 4.90 Å². The Morgan fingerprint density at radius 2 is 1.94 bits per heavy atom. The molecule has 1 aliphatic heterocycles. The Morgan fingerprint density at radius 1 is 1.17 bits per heavy atom. The summed E-state index contributed by atoms with van der Waals surface area (Å²) in [6, 6.07) is 0. The number of ketones is 1. The maximum absolute atomic E-state index is 12.4. The molecule has 2 rings (SSSR count). The van der Waals surface area contributed by atoms with Gasteiger partial charge in [-0.25, -0.2) is 0 Å². The van der Waals surface area contributed by atoms with Crippen LogP contribution in [0, 0.1) is 17.3 Å². The van der Waals surface area contributed by atoms with Gasteiger partial charge in [-0.3, -0.25) is 4.79 Å². The molecule has 18 heavy (non-hydrogen) atoms. The maximum atomic E-state index is 12.4. The number of rotatable bonds is 2. The van der Waals surface area contributed by atoms with Crippen LogP contribution in [-0.4, -0.2) is 30.3 Å². The van der Waals surface area contributed by atoms with Gasteiger partial charge in [0.25, 0.3) is 0 Å². The molecular formula is C16H29NO. The van der Waals surface area contributed by atoms with Crippen molar-refractivity contribution in [3.8, 4) is 0 Å². The van der Waals surface area contributed by atoms with Gasteiger partial charge in [-0.2, -0.15) is 0 Å². The summed E-state index contributed by atoms with van der Waals surface area (Å²) in [6.45, 7) is 10.0. The standard InChI is InChI=1S/C16H29NO/c1-13-6-5-10-17(11-8-13)12-14-7-4-9-16(2,3)15(14)18/h13-14H,4-12H2,1-3H3. The fraction of sp³-hybridized carbons (Fsp3) is 0.938. The number of Topliss-reactive ketones (excluding diaryl/α,β-unsaturated/α-hetero) is 1. The summed E-state index contributed by atoms with van der Waals surface area (Å²) in [7, 11) is 0. The van der Waals surface area contributed by atoms with E-state index in [0.717, 1.165) is 25.3 Å². The SMILES string of the molecule is CC1CCCN(CC2CCCC(C)(C)C2=O)CC1.